The van der Waals surface area contributed by atoms with Gasteiger partial charge in [0.1, 0.15) is 5.75 Å². The average molecular weight is 259 g/mol. The van der Waals surface area contributed by atoms with Crippen LogP contribution < -0.4 is 10.1 Å². The van der Waals surface area contributed by atoms with Crippen LogP contribution in [0, 0.1) is 13.8 Å². The number of hydrogen-bond donors (Lipinski definition) is 1. The number of ether oxygens (including phenoxy) is 1. The monoisotopic (exact) mass is 259 g/mol. The molecule has 0 aliphatic carbocycles. The molecule has 0 fully saturated rings. The van der Waals surface area contributed by atoms with Crippen molar-refractivity contribution in [2.45, 2.75) is 20.4 Å². The van der Waals surface area contributed by atoms with Crippen LogP contribution in [-0.4, -0.2) is 23.9 Å². The van der Waals surface area contributed by atoms with Gasteiger partial charge in [0.25, 0.3) is 0 Å². The first-order valence-electron chi connectivity index (χ1n) is 6.40. The molecular weight excluding hydrogens is 238 g/mol. The van der Waals surface area contributed by atoms with Gasteiger partial charge in [-0.2, -0.15) is 5.10 Å². The summed E-state index contributed by atoms with van der Waals surface area (Å²) in [6, 6.07) is 6.35. The van der Waals surface area contributed by atoms with Gasteiger partial charge in [-0.25, -0.2) is 0 Å². The van der Waals surface area contributed by atoms with E-state index in [4.69, 9.17) is 4.74 Å². The first-order valence-corrected chi connectivity index (χ1v) is 6.40. The quantitative estimate of drug-likeness (QED) is 0.916. The van der Waals surface area contributed by atoms with Crippen molar-refractivity contribution in [3.05, 3.63) is 35.0 Å². The lowest BCUT2D eigenvalue weighted by molar-refractivity contribution is 0.413. The predicted molar refractivity (Wildman–Crippen MR) is 77.4 cm³/mol. The van der Waals surface area contributed by atoms with Crippen molar-refractivity contribution < 1.29 is 4.74 Å². The van der Waals surface area contributed by atoms with E-state index in [0.29, 0.717) is 0 Å². The van der Waals surface area contributed by atoms with Gasteiger partial charge in [0.2, 0.25) is 0 Å². The Kier molecular flexibility index (Phi) is 3.90. The van der Waals surface area contributed by atoms with E-state index in [2.05, 4.69) is 42.5 Å². The van der Waals surface area contributed by atoms with Crippen LogP contribution in [0.25, 0.3) is 11.3 Å². The number of nitrogens with one attached hydrogen (secondary N) is 1. The Balaban J connectivity index is 2.55. The van der Waals surface area contributed by atoms with Crippen molar-refractivity contribution in [3.63, 3.8) is 0 Å². The molecule has 4 nitrogen and oxygen atoms in total. The van der Waals surface area contributed by atoms with Crippen LogP contribution in [0.1, 0.15) is 16.8 Å². The highest BCUT2D eigenvalue weighted by atomic mass is 16.5. The average Bonchev–Trinajstić information content (AvgIpc) is 2.70. The molecule has 0 amide bonds. The Labute approximate surface area is 114 Å². The predicted octanol–water partition coefficient (Wildman–Crippen LogP) is 2.43. The zero-order valence-corrected chi connectivity index (χ0v) is 12.2. The molecule has 0 unspecified atom stereocenters. The van der Waals surface area contributed by atoms with Crippen molar-refractivity contribution in [3.8, 4) is 17.0 Å². The molecule has 0 saturated carbocycles. The molecule has 0 aliphatic rings. The van der Waals surface area contributed by atoms with E-state index in [-0.39, 0.29) is 0 Å². The second-order valence-corrected chi connectivity index (χ2v) is 4.84. The van der Waals surface area contributed by atoms with Gasteiger partial charge < -0.3 is 10.1 Å². The number of hydrogen-bond acceptors (Lipinski definition) is 3. The first kappa shape index (κ1) is 13.6. The van der Waals surface area contributed by atoms with Crippen LogP contribution in [-0.2, 0) is 13.6 Å². The largest absolute Gasteiger partial charge is 0.496 e. The summed E-state index contributed by atoms with van der Waals surface area (Å²) in [6.45, 7) is 4.96. The summed E-state index contributed by atoms with van der Waals surface area (Å²) in [6.07, 6.45) is 0. The molecule has 4 heteroatoms. The van der Waals surface area contributed by atoms with Crippen molar-refractivity contribution in [2.75, 3.05) is 14.2 Å². The molecule has 102 valence electrons. The summed E-state index contributed by atoms with van der Waals surface area (Å²) in [5.41, 5.74) is 5.51. The van der Waals surface area contributed by atoms with Gasteiger partial charge >= 0.3 is 0 Å². The van der Waals surface area contributed by atoms with Crippen LogP contribution in [0.3, 0.4) is 0 Å². The van der Waals surface area contributed by atoms with Gasteiger partial charge in [-0.05, 0) is 44.2 Å². The third-order valence-electron chi connectivity index (χ3n) is 3.23. The second kappa shape index (κ2) is 5.45. The van der Waals surface area contributed by atoms with Gasteiger partial charge in [0.05, 0.1) is 18.5 Å². The van der Waals surface area contributed by atoms with E-state index in [1.807, 2.05) is 18.8 Å². The minimum Gasteiger partial charge on any atom is -0.496 e. The zero-order valence-electron chi connectivity index (χ0n) is 12.2. The Morgan fingerprint density at radius 3 is 2.63 bits per heavy atom. The third kappa shape index (κ3) is 2.63. The lowest BCUT2D eigenvalue weighted by Crippen LogP contribution is -2.09. The highest BCUT2D eigenvalue weighted by Gasteiger charge is 2.14. The van der Waals surface area contributed by atoms with Gasteiger partial charge in [-0.3, -0.25) is 4.68 Å². The Morgan fingerprint density at radius 2 is 2.00 bits per heavy atom. The van der Waals surface area contributed by atoms with Gasteiger partial charge in [0, 0.05) is 19.2 Å². The van der Waals surface area contributed by atoms with Crippen LogP contribution in [0.15, 0.2) is 18.2 Å². The number of nitrogens with zero attached hydrogens (tertiary/aromatic N) is 2. The molecule has 0 bridgehead atoms. The Hall–Kier alpha value is -1.81. The number of benzene rings is 1. The lowest BCUT2D eigenvalue weighted by Gasteiger charge is -2.10. The van der Waals surface area contributed by atoms with Crippen LogP contribution in [0.4, 0.5) is 0 Å². The fraction of sp³-hybridized carbons (Fsp3) is 0.400. The second-order valence-electron chi connectivity index (χ2n) is 4.84. The molecule has 0 aliphatic heterocycles. The van der Waals surface area contributed by atoms with Gasteiger partial charge in [0.15, 0.2) is 0 Å². The van der Waals surface area contributed by atoms with E-state index in [9.17, 15) is 0 Å². The normalized spacial score (nSPS) is 10.8. The van der Waals surface area contributed by atoms with E-state index in [0.717, 1.165) is 34.8 Å². The third-order valence-corrected chi connectivity index (χ3v) is 3.23. The van der Waals surface area contributed by atoms with Crippen molar-refractivity contribution in [1.82, 2.24) is 15.1 Å². The first-order chi connectivity index (χ1) is 9.06. The Morgan fingerprint density at radius 1 is 1.26 bits per heavy atom. The highest BCUT2D eigenvalue weighted by molar-refractivity contribution is 5.70. The maximum Gasteiger partial charge on any atom is 0.131 e. The van der Waals surface area contributed by atoms with Crippen molar-refractivity contribution in [2.24, 2.45) is 7.05 Å². The number of aryl methyl sites for hydroxylation is 3. The fourth-order valence-electron chi connectivity index (χ4n) is 2.40. The minimum absolute atomic E-state index is 0.802. The lowest BCUT2D eigenvalue weighted by atomic mass is 10.0. The summed E-state index contributed by atoms with van der Waals surface area (Å²) >= 11 is 0. The van der Waals surface area contributed by atoms with Crippen molar-refractivity contribution in [1.29, 1.82) is 0 Å². The standard InChI is InChI=1S/C15H21N3O/c1-10-6-11(2)15(19-5)13(7-10)14-8-12(9-16-3)18(4)17-14/h6-8,16H,9H2,1-5H3. The Bertz CT molecular complexity index is 587. The molecule has 1 N–H and O–H groups in total. The van der Waals surface area contributed by atoms with Crippen LogP contribution in [0.2, 0.25) is 0 Å². The summed E-state index contributed by atoms with van der Waals surface area (Å²) in [5.74, 6) is 0.903. The minimum atomic E-state index is 0.802. The maximum atomic E-state index is 5.53. The SMILES string of the molecule is CNCc1cc(-c2cc(C)cc(C)c2OC)nn1C. The van der Waals surface area contributed by atoms with E-state index < -0.39 is 0 Å². The molecule has 2 rings (SSSR count). The maximum absolute atomic E-state index is 5.53. The molecule has 1 heterocycles. The molecular formula is C15H21N3O. The van der Waals surface area contributed by atoms with Crippen LogP contribution in [0.5, 0.6) is 5.75 Å². The molecule has 19 heavy (non-hydrogen) atoms. The summed E-state index contributed by atoms with van der Waals surface area (Å²) in [7, 11) is 5.61. The van der Waals surface area contributed by atoms with E-state index in [1.54, 1.807) is 7.11 Å². The number of aromatic nitrogens is 2. The fourth-order valence-corrected chi connectivity index (χ4v) is 2.40. The molecule has 0 radical (unpaired) electrons. The summed E-state index contributed by atoms with van der Waals surface area (Å²) < 4.78 is 7.44. The summed E-state index contributed by atoms with van der Waals surface area (Å²) in [4.78, 5) is 0. The molecule has 0 atom stereocenters. The smallest absolute Gasteiger partial charge is 0.131 e. The number of rotatable bonds is 4. The summed E-state index contributed by atoms with van der Waals surface area (Å²) in [5, 5.41) is 7.74. The van der Waals surface area contributed by atoms with Crippen molar-refractivity contribution >= 4 is 0 Å². The number of methoxy groups -OCH3 is 1. The van der Waals surface area contributed by atoms with E-state index in [1.165, 1.54) is 5.56 Å². The zero-order chi connectivity index (χ0) is 14.0. The highest BCUT2D eigenvalue weighted by Crippen LogP contribution is 2.33. The van der Waals surface area contributed by atoms with Gasteiger partial charge in [-0.15, -0.1) is 0 Å². The molecule has 1 aromatic carbocycles. The van der Waals surface area contributed by atoms with E-state index >= 15 is 0 Å². The molecule has 0 spiro atoms. The topological polar surface area (TPSA) is 39.1 Å². The molecule has 1 aromatic heterocycles. The molecule has 2 aromatic rings. The van der Waals surface area contributed by atoms with Crippen LogP contribution >= 0.6 is 0 Å². The molecule has 0 saturated heterocycles. The van der Waals surface area contributed by atoms with Gasteiger partial charge in [-0.1, -0.05) is 6.07 Å².